The Morgan fingerprint density at radius 3 is 1.82 bits per heavy atom. The molecule has 0 amide bonds. The minimum Gasteiger partial charge on any atom is -0.378 e. The van der Waals surface area contributed by atoms with Gasteiger partial charge >= 0.3 is 0 Å². The Labute approximate surface area is 212 Å². The van der Waals surface area contributed by atoms with Crippen molar-refractivity contribution in [2.45, 2.75) is 157 Å². The molecule has 0 spiro atoms. The molecule has 2 aliphatic heterocycles. The lowest BCUT2D eigenvalue weighted by Gasteiger charge is -2.54. The molecule has 34 heavy (non-hydrogen) atoms. The fourth-order valence-corrected chi connectivity index (χ4v) is 7.80. The standard InChI is InChI=1S/C30H58N2O2/c1-12-17-22(28(10,13-2)14-3)18-30(29(11,15-4)16-5)21-24(33)32(25(30)34)23-19-26(6,7)31-27(8,9)20-23/h12,17,22-25,31,33-34H,13-16,18-21H2,1-11H3/b17-12-. The van der Waals surface area contributed by atoms with Gasteiger partial charge in [0.25, 0.3) is 0 Å². The van der Waals surface area contributed by atoms with Gasteiger partial charge in [0.05, 0.1) is 0 Å². The summed E-state index contributed by atoms with van der Waals surface area (Å²) >= 11 is 0. The van der Waals surface area contributed by atoms with Crippen molar-refractivity contribution in [3.8, 4) is 0 Å². The first-order chi connectivity index (χ1) is 15.6. The van der Waals surface area contributed by atoms with Crippen molar-refractivity contribution in [1.29, 1.82) is 0 Å². The lowest BCUT2D eigenvalue weighted by atomic mass is 9.54. The van der Waals surface area contributed by atoms with Gasteiger partial charge in [-0.1, -0.05) is 79.4 Å². The van der Waals surface area contributed by atoms with Gasteiger partial charge in [-0.05, 0) is 77.0 Å². The summed E-state index contributed by atoms with van der Waals surface area (Å²) in [5.41, 5.74) is -0.301. The molecule has 0 radical (unpaired) electrons. The van der Waals surface area contributed by atoms with Gasteiger partial charge in [0, 0.05) is 22.5 Å². The molecule has 0 aromatic carbocycles. The van der Waals surface area contributed by atoms with E-state index in [-0.39, 0.29) is 33.4 Å². The Morgan fingerprint density at radius 1 is 0.912 bits per heavy atom. The number of likely N-dealkylation sites (tertiary alicyclic amines) is 1. The third-order valence-electron chi connectivity index (χ3n) is 10.5. The highest BCUT2D eigenvalue weighted by molar-refractivity contribution is 5.12. The lowest BCUT2D eigenvalue weighted by molar-refractivity contribution is -0.154. The average molecular weight is 479 g/mol. The van der Waals surface area contributed by atoms with Gasteiger partial charge in [-0.15, -0.1) is 0 Å². The molecule has 4 unspecified atom stereocenters. The number of rotatable bonds is 10. The largest absolute Gasteiger partial charge is 0.378 e. The Hall–Kier alpha value is -0.420. The molecule has 2 fully saturated rings. The monoisotopic (exact) mass is 478 g/mol. The number of piperidine rings is 1. The van der Waals surface area contributed by atoms with Crippen LogP contribution in [-0.2, 0) is 0 Å². The smallest absolute Gasteiger partial charge is 0.115 e. The molecule has 2 heterocycles. The molecular weight excluding hydrogens is 420 g/mol. The number of aliphatic hydroxyl groups is 2. The van der Waals surface area contributed by atoms with E-state index in [0.29, 0.717) is 12.3 Å². The van der Waals surface area contributed by atoms with Gasteiger partial charge in [0.1, 0.15) is 12.5 Å². The minimum absolute atomic E-state index is 0.0353. The van der Waals surface area contributed by atoms with Gasteiger partial charge in [-0.25, -0.2) is 4.90 Å². The Kier molecular flexibility index (Phi) is 9.22. The molecule has 0 aromatic rings. The van der Waals surface area contributed by atoms with Crippen molar-refractivity contribution in [2.24, 2.45) is 22.2 Å². The minimum atomic E-state index is -0.646. The highest BCUT2D eigenvalue weighted by Crippen LogP contribution is 2.61. The Bertz CT molecular complexity index is 676. The molecule has 0 saturated carbocycles. The maximum atomic E-state index is 12.3. The van der Waals surface area contributed by atoms with Gasteiger partial charge in [-0.2, -0.15) is 0 Å². The maximum Gasteiger partial charge on any atom is 0.115 e. The van der Waals surface area contributed by atoms with E-state index in [4.69, 9.17) is 0 Å². The van der Waals surface area contributed by atoms with Crippen LogP contribution >= 0.6 is 0 Å². The first-order valence-electron chi connectivity index (χ1n) is 14.2. The molecule has 4 nitrogen and oxygen atoms in total. The molecule has 2 saturated heterocycles. The normalized spacial score (nSPS) is 31.9. The second-order valence-corrected chi connectivity index (χ2v) is 13.6. The van der Waals surface area contributed by atoms with E-state index in [1.807, 2.05) is 0 Å². The summed E-state index contributed by atoms with van der Waals surface area (Å²) in [5, 5.41) is 27.7. The second-order valence-electron chi connectivity index (χ2n) is 13.6. The van der Waals surface area contributed by atoms with Crippen molar-refractivity contribution >= 4 is 0 Å². The van der Waals surface area contributed by atoms with Crippen molar-refractivity contribution in [3.63, 3.8) is 0 Å². The van der Waals surface area contributed by atoms with Crippen LogP contribution in [0.3, 0.4) is 0 Å². The van der Waals surface area contributed by atoms with E-state index >= 15 is 0 Å². The van der Waals surface area contributed by atoms with Crippen LogP contribution < -0.4 is 5.32 Å². The third kappa shape index (κ3) is 5.45. The van der Waals surface area contributed by atoms with Crippen LogP contribution in [0.2, 0.25) is 0 Å². The van der Waals surface area contributed by atoms with E-state index in [0.717, 1.165) is 44.9 Å². The summed E-state index contributed by atoms with van der Waals surface area (Å²) in [6.07, 6.45) is 11.0. The highest BCUT2D eigenvalue weighted by Gasteiger charge is 2.62. The first-order valence-corrected chi connectivity index (χ1v) is 14.2. The van der Waals surface area contributed by atoms with Crippen molar-refractivity contribution in [3.05, 3.63) is 12.2 Å². The van der Waals surface area contributed by atoms with Crippen LogP contribution in [0.1, 0.15) is 128 Å². The Balaban J connectivity index is 2.58. The molecule has 2 aliphatic rings. The lowest BCUT2D eigenvalue weighted by Crippen LogP contribution is -2.64. The van der Waals surface area contributed by atoms with E-state index in [2.05, 4.69) is 98.5 Å². The van der Waals surface area contributed by atoms with Crippen molar-refractivity contribution in [1.82, 2.24) is 10.2 Å². The fraction of sp³-hybridized carbons (Fsp3) is 0.933. The van der Waals surface area contributed by atoms with Crippen molar-refractivity contribution < 1.29 is 10.2 Å². The summed E-state index contributed by atoms with van der Waals surface area (Å²) in [6, 6.07) is 0.153. The number of nitrogens with zero attached hydrogens (tertiary/aromatic N) is 1. The average Bonchev–Trinajstić information content (AvgIpc) is 3.00. The topological polar surface area (TPSA) is 55.7 Å². The zero-order valence-corrected chi connectivity index (χ0v) is 24.5. The second kappa shape index (κ2) is 10.5. The van der Waals surface area contributed by atoms with Crippen LogP contribution in [0.5, 0.6) is 0 Å². The summed E-state index contributed by atoms with van der Waals surface area (Å²) in [5.74, 6) is 0.368. The maximum absolute atomic E-state index is 12.3. The fourth-order valence-electron chi connectivity index (χ4n) is 7.80. The van der Waals surface area contributed by atoms with Crippen LogP contribution in [0.15, 0.2) is 12.2 Å². The molecular formula is C30H58N2O2. The van der Waals surface area contributed by atoms with Crippen LogP contribution in [0, 0.1) is 22.2 Å². The number of aliphatic hydroxyl groups excluding tert-OH is 2. The van der Waals surface area contributed by atoms with Crippen molar-refractivity contribution in [2.75, 3.05) is 0 Å². The zero-order chi connectivity index (χ0) is 26.2. The van der Waals surface area contributed by atoms with E-state index in [9.17, 15) is 10.2 Å². The van der Waals surface area contributed by atoms with Gasteiger partial charge in [0.2, 0.25) is 0 Å². The summed E-state index contributed by atoms with van der Waals surface area (Å²) in [4.78, 5) is 2.12. The predicted molar refractivity (Wildman–Crippen MR) is 146 cm³/mol. The van der Waals surface area contributed by atoms with Crippen LogP contribution in [0.4, 0.5) is 0 Å². The summed E-state index contributed by atoms with van der Waals surface area (Å²) in [6.45, 7) is 25.0. The zero-order valence-electron chi connectivity index (χ0n) is 24.5. The number of allylic oxidation sites excluding steroid dienone is 2. The quantitative estimate of drug-likeness (QED) is 0.300. The van der Waals surface area contributed by atoms with Crippen LogP contribution in [-0.4, -0.2) is 44.7 Å². The predicted octanol–water partition coefficient (Wildman–Crippen LogP) is 6.86. The molecule has 4 atom stereocenters. The van der Waals surface area contributed by atoms with Gasteiger partial charge in [-0.3, -0.25) is 0 Å². The third-order valence-corrected chi connectivity index (χ3v) is 10.5. The molecule has 0 bridgehead atoms. The summed E-state index contributed by atoms with van der Waals surface area (Å²) < 4.78 is 0. The molecule has 0 aromatic heterocycles. The SMILES string of the molecule is C/C=C\C(CC1(C(C)(CC)CC)CC(O)N(C2CC(C)(C)NC(C)(C)C2)C1O)C(C)(CC)CC. The molecule has 200 valence electrons. The summed E-state index contributed by atoms with van der Waals surface area (Å²) in [7, 11) is 0. The Morgan fingerprint density at radius 2 is 1.41 bits per heavy atom. The highest BCUT2D eigenvalue weighted by atomic mass is 16.3. The van der Waals surface area contributed by atoms with E-state index in [1.54, 1.807) is 0 Å². The molecule has 3 N–H and O–H groups in total. The van der Waals surface area contributed by atoms with Gasteiger partial charge < -0.3 is 15.5 Å². The molecule has 4 heteroatoms. The van der Waals surface area contributed by atoms with E-state index < -0.39 is 12.5 Å². The van der Waals surface area contributed by atoms with Crippen LogP contribution in [0.25, 0.3) is 0 Å². The molecule has 2 rings (SSSR count). The number of nitrogens with one attached hydrogen (secondary N) is 1. The van der Waals surface area contributed by atoms with Gasteiger partial charge in [0.15, 0.2) is 0 Å². The number of hydrogen-bond acceptors (Lipinski definition) is 4. The number of hydrogen-bond donors (Lipinski definition) is 3. The molecule has 0 aliphatic carbocycles. The first kappa shape index (κ1) is 29.8. The van der Waals surface area contributed by atoms with E-state index in [1.165, 1.54) is 0 Å².